The zero-order chi connectivity index (χ0) is 13.7. The number of piperidine rings is 1. The van der Waals surface area contributed by atoms with E-state index in [-0.39, 0.29) is 12.2 Å². The number of amides is 1. The number of rotatable bonds is 4. The molecular formula is C15H28N2O2. The lowest BCUT2D eigenvalue weighted by Crippen LogP contribution is -2.46. The van der Waals surface area contributed by atoms with Crippen LogP contribution in [0.1, 0.15) is 52.4 Å². The van der Waals surface area contributed by atoms with Gasteiger partial charge in [-0.25, -0.2) is 4.79 Å². The van der Waals surface area contributed by atoms with Crippen LogP contribution in [0.3, 0.4) is 0 Å². The van der Waals surface area contributed by atoms with E-state index in [9.17, 15) is 4.79 Å². The Bertz CT molecular complexity index is 280. The molecular weight excluding hydrogens is 240 g/mol. The predicted molar refractivity (Wildman–Crippen MR) is 76.2 cm³/mol. The highest BCUT2D eigenvalue weighted by Crippen LogP contribution is 2.24. The van der Waals surface area contributed by atoms with Crippen molar-refractivity contribution in [3.63, 3.8) is 0 Å². The Labute approximate surface area is 116 Å². The number of carbonyl (C=O) groups is 1. The van der Waals surface area contributed by atoms with E-state index in [0.29, 0.717) is 6.04 Å². The average Bonchev–Trinajstić information content (AvgIpc) is 2.89. The Kier molecular flexibility index (Phi) is 5.49. The zero-order valence-corrected chi connectivity index (χ0v) is 12.4. The molecule has 0 atom stereocenters. The predicted octanol–water partition coefficient (Wildman–Crippen LogP) is 2.78. The third-order valence-corrected chi connectivity index (χ3v) is 4.26. The molecule has 1 aliphatic heterocycles. The molecule has 0 spiro atoms. The molecule has 4 heteroatoms. The van der Waals surface area contributed by atoms with Gasteiger partial charge in [-0.3, -0.25) is 0 Å². The van der Waals surface area contributed by atoms with Crippen molar-refractivity contribution >= 4 is 6.09 Å². The van der Waals surface area contributed by atoms with Crippen LogP contribution in [0.5, 0.6) is 0 Å². The standard InChI is InChI=1S/C15H28N2O2/c1-12(2)19-15(18)17-9-7-14(8-10-17)16-11-13-5-3-4-6-13/h12-14,16H,3-11H2,1-2H3. The number of nitrogens with zero attached hydrogens (tertiary/aromatic N) is 1. The molecule has 0 aromatic rings. The summed E-state index contributed by atoms with van der Waals surface area (Å²) in [5, 5.41) is 3.68. The highest BCUT2D eigenvalue weighted by Gasteiger charge is 2.25. The maximum Gasteiger partial charge on any atom is 0.410 e. The molecule has 0 aromatic heterocycles. The number of nitrogens with one attached hydrogen (secondary N) is 1. The second-order valence-electron chi connectivity index (χ2n) is 6.25. The molecule has 1 aliphatic carbocycles. The van der Waals surface area contributed by atoms with Gasteiger partial charge in [-0.15, -0.1) is 0 Å². The van der Waals surface area contributed by atoms with E-state index in [1.54, 1.807) is 0 Å². The molecule has 2 fully saturated rings. The molecule has 2 aliphatic rings. The van der Waals surface area contributed by atoms with Crippen LogP contribution in [0.15, 0.2) is 0 Å². The summed E-state index contributed by atoms with van der Waals surface area (Å²) < 4.78 is 5.23. The maximum absolute atomic E-state index is 11.8. The molecule has 2 rings (SSSR count). The second kappa shape index (κ2) is 7.13. The molecule has 0 unspecified atom stereocenters. The zero-order valence-electron chi connectivity index (χ0n) is 12.4. The monoisotopic (exact) mass is 268 g/mol. The van der Waals surface area contributed by atoms with E-state index in [1.807, 2.05) is 18.7 Å². The van der Waals surface area contributed by atoms with Gasteiger partial charge in [0.2, 0.25) is 0 Å². The van der Waals surface area contributed by atoms with Gasteiger partial charge in [0.1, 0.15) is 0 Å². The maximum atomic E-state index is 11.8. The Morgan fingerprint density at radius 2 is 1.84 bits per heavy atom. The Balaban J connectivity index is 1.63. The fourth-order valence-electron chi connectivity index (χ4n) is 3.09. The van der Waals surface area contributed by atoms with Crippen LogP contribution in [0.25, 0.3) is 0 Å². The van der Waals surface area contributed by atoms with Crippen molar-refractivity contribution in [1.82, 2.24) is 10.2 Å². The van der Waals surface area contributed by atoms with Gasteiger partial charge in [-0.05, 0) is 52.0 Å². The van der Waals surface area contributed by atoms with Gasteiger partial charge >= 0.3 is 6.09 Å². The lowest BCUT2D eigenvalue weighted by atomic mass is 10.0. The minimum absolute atomic E-state index is 0.0225. The summed E-state index contributed by atoms with van der Waals surface area (Å²) in [6.45, 7) is 6.62. The lowest BCUT2D eigenvalue weighted by Gasteiger charge is -2.32. The van der Waals surface area contributed by atoms with Crippen molar-refractivity contribution in [2.45, 2.75) is 64.5 Å². The van der Waals surface area contributed by atoms with Gasteiger partial charge in [0.25, 0.3) is 0 Å². The fraction of sp³-hybridized carbons (Fsp3) is 0.933. The topological polar surface area (TPSA) is 41.6 Å². The van der Waals surface area contributed by atoms with E-state index in [2.05, 4.69) is 5.32 Å². The van der Waals surface area contributed by atoms with Crippen molar-refractivity contribution in [1.29, 1.82) is 0 Å². The van der Waals surface area contributed by atoms with E-state index in [4.69, 9.17) is 4.74 Å². The molecule has 1 amide bonds. The van der Waals surface area contributed by atoms with Gasteiger partial charge in [0, 0.05) is 19.1 Å². The summed E-state index contributed by atoms with van der Waals surface area (Å²) in [7, 11) is 0. The van der Waals surface area contributed by atoms with Crippen LogP contribution in [-0.4, -0.2) is 42.8 Å². The van der Waals surface area contributed by atoms with Crippen molar-refractivity contribution < 1.29 is 9.53 Å². The Morgan fingerprint density at radius 3 is 2.42 bits per heavy atom. The van der Waals surface area contributed by atoms with Crippen molar-refractivity contribution in [3.05, 3.63) is 0 Å². The highest BCUT2D eigenvalue weighted by atomic mass is 16.6. The molecule has 1 saturated heterocycles. The van der Waals surface area contributed by atoms with Gasteiger partial charge in [0.15, 0.2) is 0 Å². The smallest absolute Gasteiger partial charge is 0.410 e. The first-order valence-corrected chi connectivity index (χ1v) is 7.84. The quantitative estimate of drug-likeness (QED) is 0.852. The van der Waals surface area contributed by atoms with Crippen molar-refractivity contribution in [2.24, 2.45) is 5.92 Å². The largest absolute Gasteiger partial charge is 0.447 e. The van der Waals surface area contributed by atoms with Gasteiger partial charge in [-0.1, -0.05) is 12.8 Å². The third-order valence-electron chi connectivity index (χ3n) is 4.26. The van der Waals surface area contributed by atoms with E-state index in [0.717, 1.165) is 31.8 Å². The molecule has 0 radical (unpaired) electrons. The summed E-state index contributed by atoms with van der Waals surface area (Å²) in [4.78, 5) is 13.6. The number of hydrogen-bond acceptors (Lipinski definition) is 3. The van der Waals surface area contributed by atoms with Gasteiger partial charge in [0.05, 0.1) is 6.10 Å². The fourth-order valence-corrected chi connectivity index (χ4v) is 3.09. The molecule has 0 aromatic carbocycles. The molecule has 0 bridgehead atoms. The van der Waals surface area contributed by atoms with E-state index in [1.165, 1.54) is 32.2 Å². The SMILES string of the molecule is CC(C)OC(=O)N1CCC(NCC2CCCC2)CC1. The van der Waals surface area contributed by atoms with Crippen LogP contribution in [0.2, 0.25) is 0 Å². The van der Waals surface area contributed by atoms with Crippen LogP contribution < -0.4 is 5.32 Å². The lowest BCUT2D eigenvalue weighted by molar-refractivity contribution is 0.0677. The van der Waals surface area contributed by atoms with E-state index >= 15 is 0 Å². The number of ether oxygens (including phenoxy) is 1. The van der Waals surface area contributed by atoms with Crippen LogP contribution in [-0.2, 0) is 4.74 Å². The summed E-state index contributed by atoms with van der Waals surface area (Å²) in [5.74, 6) is 0.893. The van der Waals surface area contributed by atoms with E-state index < -0.39 is 0 Å². The summed E-state index contributed by atoms with van der Waals surface area (Å²) in [5.41, 5.74) is 0. The van der Waals surface area contributed by atoms with Gasteiger partial charge in [-0.2, -0.15) is 0 Å². The first-order chi connectivity index (χ1) is 9.15. The molecule has 1 N–H and O–H groups in total. The molecule has 1 heterocycles. The first-order valence-electron chi connectivity index (χ1n) is 7.84. The number of likely N-dealkylation sites (tertiary alicyclic amines) is 1. The Morgan fingerprint density at radius 1 is 1.21 bits per heavy atom. The summed E-state index contributed by atoms with van der Waals surface area (Å²) in [6.07, 6.45) is 7.55. The molecule has 19 heavy (non-hydrogen) atoms. The second-order valence-corrected chi connectivity index (χ2v) is 6.25. The average molecular weight is 268 g/mol. The Hall–Kier alpha value is -0.770. The molecule has 1 saturated carbocycles. The van der Waals surface area contributed by atoms with Gasteiger partial charge < -0.3 is 15.0 Å². The summed E-state index contributed by atoms with van der Waals surface area (Å²) in [6, 6.07) is 0.587. The van der Waals surface area contributed by atoms with Crippen LogP contribution in [0.4, 0.5) is 4.79 Å². The molecule has 4 nitrogen and oxygen atoms in total. The van der Waals surface area contributed by atoms with Crippen molar-refractivity contribution in [3.8, 4) is 0 Å². The minimum Gasteiger partial charge on any atom is -0.447 e. The summed E-state index contributed by atoms with van der Waals surface area (Å²) >= 11 is 0. The minimum atomic E-state index is -0.149. The number of carbonyl (C=O) groups excluding carboxylic acids is 1. The highest BCUT2D eigenvalue weighted by molar-refractivity contribution is 5.67. The number of hydrogen-bond donors (Lipinski definition) is 1. The van der Waals surface area contributed by atoms with Crippen LogP contribution >= 0.6 is 0 Å². The third kappa shape index (κ3) is 4.68. The van der Waals surface area contributed by atoms with Crippen LogP contribution in [0, 0.1) is 5.92 Å². The molecule has 110 valence electrons. The first kappa shape index (κ1) is 14.6. The normalized spacial score (nSPS) is 22.2. The van der Waals surface area contributed by atoms with Crippen molar-refractivity contribution in [2.75, 3.05) is 19.6 Å².